The minimum atomic E-state index is -2.83. The lowest BCUT2D eigenvalue weighted by atomic mass is 10.2. The van der Waals surface area contributed by atoms with Gasteiger partial charge in [0.25, 0.3) is 0 Å². The largest absolute Gasteiger partial charge is 0.459 e. The lowest BCUT2D eigenvalue weighted by Gasteiger charge is -2.22. The maximum atomic E-state index is 11.9. The average molecular weight is 303 g/mol. The predicted molar refractivity (Wildman–Crippen MR) is 59.7 cm³/mol. The lowest BCUT2D eigenvalue weighted by Crippen LogP contribution is -2.31. The molecule has 0 aromatic carbocycles. The first kappa shape index (κ1) is 15.8. The van der Waals surface area contributed by atoms with E-state index >= 15 is 0 Å². The van der Waals surface area contributed by atoms with Gasteiger partial charge < -0.3 is 9.47 Å². The summed E-state index contributed by atoms with van der Waals surface area (Å²) in [5, 5.41) is 0. The van der Waals surface area contributed by atoms with Crippen molar-refractivity contribution in [3.05, 3.63) is 0 Å². The summed E-state index contributed by atoms with van der Waals surface area (Å²) in [7, 11) is 0. The Hall–Kier alpha value is -0.230. The smallest absolute Gasteiger partial charge is 0.345 e. The molecule has 96 valence electrons. The topological polar surface area (TPSA) is 35.5 Å². The zero-order chi connectivity index (χ0) is 12.9. The van der Waals surface area contributed by atoms with Crippen molar-refractivity contribution in [1.29, 1.82) is 0 Å². The first-order chi connectivity index (χ1) is 7.11. The molecule has 0 heterocycles. The van der Waals surface area contributed by atoms with Gasteiger partial charge in [0, 0.05) is 0 Å². The highest BCUT2D eigenvalue weighted by Gasteiger charge is 2.25. The fourth-order valence-corrected chi connectivity index (χ4v) is 1.60. The van der Waals surface area contributed by atoms with Crippen LogP contribution in [0, 0.1) is 0 Å². The number of esters is 1. The second kappa shape index (κ2) is 6.49. The van der Waals surface area contributed by atoms with Gasteiger partial charge in [-0.25, -0.2) is 0 Å². The van der Waals surface area contributed by atoms with Crippen molar-refractivity contribution in [2.45, 2.75) is 57.3 Å². The molecule has 0 aromatic rings. The quantitative estimate of drug-likeness (QED) is 0.578. The van der Waals surface area contributed by atoms with Crippen molar-refractivity contribution < 1.29 is 23.0 Å². The van der Waals surface area contributed by atoms with E-state index in [-0.39, 0.29) is 6.42 Å². The van der Waals surface area contributed by atoms with E-state index in [0.29, 0.717) is 0 Å². The molecule has 0 rings (SSSR count). The van der Waals surface area contributed by atoms with Crippen molar-refractivity contribution in [1.82, 2.24) is 0 Å². The summed E-state index contributed by atoms with van der Waals surface area (Å²) in [6.07, 6.45) is -0.573. The van der Waals surface area contributed by atoms with Crippen molar-refractivity contribution in [3.8, 4) is 0 Å². The van der Waals surface area contributed by atoms with Gasteiger partial charge in [-0.15, -0.1) is 0 Å². The summed E-state index contributed by atoms with van der Waals surface area (Å²) in [5.41, 5.74) is -0.587. The predicted octanol–water partition coefficient (Wildman–Crippen LogP) is 3.11. The average Bonchev–Trinajstić information content (AvgIpc) is 1.98. The summed E-state index contributed by atoms with van der Waals surface area (Å²) in [4.78, 5) is 10.8. The van der Waals surface area contributed by atoms with Crippen LogP contribution >= 0.6 is 15.9 Å². The number of ether oxygens (including phenoxy) is 2. The molecular formula is C10H17BrF2O3. The number of hydrogen-bond acceptors (Lipinski definition) is 3. The van der Waals surface area contributed by atoms with Gasteiger partial charge in [-0.05, 0) is 34.1 Å². The van der Waals surface area contributed by atoms with E-state index in [4.69, 9.17) is 4.74 Å². The molecular weight excluding hydrogens is 286 g/mol. The maximum Gasteiger partial charge on any atom is 0.345 e. The van der Waals surface area contributed by atoms with Crippen LogP contribution in [0.1, 0.15) is 34.1 Å². The van der Waals surface area contributed by atoms with E-state index in [1.165, 1.54) is 6.92 Å². The Morgan fingerprint density at radius 3 is 2.25 bits per heavy atom. The Morgan fingerprint density at radius 2 is 1.88 bits per heavy atom. The van der Waals surface area contributed by atoms with Crippen LogP contribution in [0.5, 0.6) is 0 Å². The molecule has 0 aliphatic rings. The first-order valence-electron chi connectivity index (χ1n) is 4.92. The normalized spacial score (nSPS) is 16.0. The van der Waals surface area contributed by atoms with E-state index in [0.717, 1.165) is 0 Å². The third-order valence-electron chi connectivity index (χ3n) is 1.54. The van der Waals surface area contributed by atoms with Crippen LogP contribution in [-0.2, 0) is 14.3 Å². The molecule has 16 heavy (non-hydrogen) atoms. The Morgan fingerprint density at radius 1 is 1.38 bits per heavy atom. The minimum Gasteiger partial charge on any atom is -0.459 e. The van der Waals surface area contributed by atoms with Gasteiger partial charge in [-0.1, -0.05) is 15.9 Å². The number of carbonyl (C=O) groups excluding carboxylic acids is 1. The van der Waals surface area contributed by atoms with Crippen LogP contribution in [0.25, 0.3) is 0 Å². The Labute approximate surface area is 103 Å². The standard InChI is InChI=1S/C10H17BrF2O3/c1-6(15-9(12)13)5-7(11)8(14)16-10(2,3)4/h6-7,9H,5H2,1-4H3. The molecule has 0 bridgehead atoms. The molecule has 0 saturated carbocycles. The summed E-state index contributed by atoms with van der Waals surface area (Å²) in [6.45, 7) is 3.87. The molecule has 2 atom stereocenters. The lowest BCUT2D eigenvalue weighted by molar-refractivity contribution is -0.166. The molecule has 0 aliphatic carbocycles. The fraction of sp³-hybridized carbons (Fsp3) is 0.900. The molecule has 0 spiro atoms. The molecule has 0 radical (unpaired) electrons. The van der Waals surface area contributed by atoms with Gasteiger partial charge in [0.2, 0.25) is 0 Å². The van der Waals surface area contributed by atoms with E-state index in [9.17, 15) is 13.6 Å². The van der Waals surface area contributed by atoms with Crippen molar-refractivity contribution in [3.63, 3.8) is 0 Å². The number of halogens is 3. The van der Waals surface area contributed by atoms with Gasteiger partial charge in [-0.2, -0.15) is 8.78 Å². The zero-order valence-corrected chi connectivity index (χ0v) is 11.4. The number of carbonyl (C=O) groups is 1. The highest BCUT2D eigenvalue weighted by atomic mass is 79.9. The highest BCUT2D eigenvalue weighted by Crippen LogP contribution is 2.18. The van der Waals surface area contributed by atoms with E-state index in [2.05, 4.69) is 20.7 Å². The third kappa shape index (κ3) is 7.98. The molecule has 0 aromatic heterocycles. The second-order valence-electron chi connectivity index (χ2n) is 4.44. The van der Waals surface area contributed by atoms with Crippen molar-refractivity contribution in [2.75, 3.05) is 0 Å². The van der Waals surface area contributed by atoms with E-state index < -0.39 is 29.1 Å². The van der Waals surface area contributed by atoms with Crippen LogP contribution < -0.4 is 0 Å². The van der Waals surface area contributed by atoms with Gasteiger partial charge in [0.15, 0.2) is 0 Å². The maximum absolute atomic E-state index is 11.9. The van der Waals surface area contributed by atoms with Crippen LogP contribution in [0.4, 0.5) is 8.78 Å². The van der Waals surface area contributed by atoms with Crippen LogP contribution in [-0.4, -0.2) is 29.1 Å². The van der Waals surface area contributed by atoms with Crippen molar-refractivity contribution in [2.24, 2.45) is 0 Å². The molecule has 2 unspecified atom stereocenters. The molecule has 0 N–H and O–H groups in total. The first-order valence-corrected chi connectivity index (χ1v) is 5.84. The summed E-state index contributed by atoms with van der Waals surface area (Å²) in [5.74, 6) is -0.475. The molecule has 0 aliphatic heterocycles. The minimum absolute atomic E-state index is 0.138. The Bertz CT molecular complexity index is 229. The Balaban J connectivity index is 4.05. The summed E-state index contributed by atoms with van der Waals surface area (Å²) in [6, 6.07) is 0. The molecule has 3 nitrogen and oxygen atoms in total. The number of alkyl halides is 3. The summed E-state index contributed by atoms with van der Waals surface area (Å²) < 4.78 is 33.0. The second-order valence-corrected chi connectivity index (χ2v) is 5.55. The fourth-order valence-electron chi connectivity index (χ4n) is 0.985. The van der Waals surface area contributed by atoms with Gasteiger partial charge in [0.05, 0.1) is 6.10 Å². The monoisotopic (exact) mass is 302 g/mol. The van der Waals surface area contributed by atoms with Crippen molar-refractivity contribution >= 4 is 21.9 Å². The van der Waals surface area contributed by atoms with Gasteiger partial charge >= 0.3 is 12.6 Å². The SMILES string of the molecule is CC(CC(Br)C(=O)OC(C)(C)C)OC(F)F. The summed E-state index contributed by atoms with van der Waals surface area (Å²) >= 11 is 3.09. The number of rotatable bonds is 5. The van der Waals surface area contributed by atoms with Crippen LogP contribution in [0.3, 0.4) is 0 Å². The molecule has 6 heteroatoms. The zero-order valence-electron chi connectivity index (χ0n) is 9.80. The van der Waals surface area contributed by atoms with Gasteiger partial charge in [-0.3, -0.25) is 4.79 Å². The Kier molecular flexibility index (Phi) is 6.40. The van der Waals surface area contributed by atoms with E-state index in [1.54, 1.807) is 20.8 Å². The molecule has 0 fully saturated rings. The van der Waals surface area contributed by atoms with Crippen LogP contribution in [0.15, 0.2) is 0 Å². The molecule has 0 saturated heterocycles. The third-order valence-corrected chi connectivity index (χ3v) is 2.28. The van der Waals surface area contributed by atoms with Crippen LogP contribution in [0.2, 0.25) is 0 Å². The van der Waals surface area contributed by atoms with E-state index in [1.807, 2.05) is 0 Å². The highest BCUT2D eigenvalue weighted by molar-refractivity contribution is 9.10. The number of hydrogen-bond donors (Lipinski definition) is 0. The van der Waals surface area contributed by atoms with Gasteiger partial charge in [0.1, 0.15) is 10.4 Å². The molecule has 0 amide bonds.